The van der Waals surface area contributed by atoms with Crippen LogP contribution in [0.1, 0.15) is 0 Å². The molecule has 2 rings (SSSR count). The molecule has 0 spiro atoms. The van der Waals surface area contributed by atoms with Crippen molar-refractivity contribution in [2.45, 2.75) is 12.6 Å². The van der Waals surface area contributed by atoms with Crippen molar-refractivity contribution in [2.75, 3.05) is 6.61 Å². The molecule has 0 bridgehead atoms. The van der Waals surface area contributed by atoms with Crippen LogP contribution in [0.5, 0.6) is 0 Å². The number of imidazole rings is 1. The topological polar surface area (TPSA) is 134 Å². The summed E-state index contributed by atoms with van der Waals surface area (Å²) >= 11 is 0. The number of nitrogens with zero attached hydrogens (tertiary/aromatic N) is 5. The van der Waals surface area contributed by atoms with Gasteiger partial charge in [0.15, 0.2) is 11.2 Å². The molecular formula is C10H13N5O6. The van der Waals surface area contributed by atoms with E-state index in [2.05, 4.69) is 9.82 Å². The zero-order chi connectivity index (χ0) is 15.7. The van der Waals surface area contributed by atoms with Crippen LogP contribution >= 0.6 is 0 Å². The van der Waals surface area contributed by atoms with Gasteiger partial charge in [-0.1, -0.05) is 0 Å². The van der Waals surface area contributed by atoms with Crippen molar-refractivity contribution in [3.05, 3.63) is 37.3 Å². The third-order valence-electron chi connectivity index (χ3n) is 3.00. The summed E-state index contributed by atoms with van der Waals surface area (Å²) in [4.78, 5) is 41.9. The van der Waals surface area contributed by atoms with E-state index in [4.69, 9.17) is 0 Å². The van der Waals surface area contributed by atoms with Crippen LogP contribution in [-0.2, 0) is 25.5 Å². The van der Waals surface area contributed by atoms with Gasteiger partial charge in [-0.05, 0) is 0 Å². The molecule has 0 saturated heterocycles. The molecule has 1 unspecified atom stereocenters. The summed E-state index contributed by atoms with van der Waals surface area (Å²) in [5, 5.41) is 18.7. The Morgan fingerprint density at radius 3 is 2.71 bits per heavy atom. The summed E-state index contributed by atoms with van der Waals surface area (Å²) in [6, 6.07) is 0. The normalized spacial score (nSPS) is 12.5. The average Bonchev–Trinajstić information content (AvgIpc) is 2.84. The van der Waals surface area contributed by atoms with E-state index < -0.39 is 29.0 Å². The summed E-state index contributed by atoms with van der Waals surface area (Å²) in [5.41, 5.74) is -0.784. The van der Waals surface area contributed by atoms with Crippen molar-refractivity contribution in [3.8, 4) is 0 Å². The number of fused-ring (bicyclic) bond motifs is 1. The van der Waals surface area contributed by atoms with Crippen LogP contribution in [0.3, 0.4) is 0 Å². The molecular weight excluding hydrogens is 286 g/mol. The van der Waals surface area contributed by atoms with Gasteiger partial charge in [0.1, 0.15) is 6.61 Å². The van der Waals surface area contributed by atoms with Gasteiger partial charge in [0, 0.05) is 14.1 Å². The number of aromatic nitrogens is 4. The number of aliphatic hydroxyl groups is 1. The van der Waals surface area contributed by atoms with Gasteiger partial charge >= 0.3 is 5.69 Å². The Hall–Kier alpha value is -2.69. The number of rotatable bonds is 5. The zero-order valence-electron chi connectivity index (χ0n) is 11.3. The molecule has 11 nitrogen and oxygen atoms in total. The number of aliphatic hydroxyl groups excluding tert-OH is 1. The fourth-order valence-corrected chi connectivity index (χ4v) is 1.96. The summed E-state index contributed by atoms with van der Waals surface area (Å²) in [6.45, 7) is -0.656. The highest BCUT2D eigenvalue weighted by molar-refractivity contribution is 5.69. The first-order valence-corrected chi connectivity index (χ1v) is 5.89. The quantitative estimate of drug-likeness (QED) is 0.498. The standard InChI is InChI=1S/C10H13N5O6/c1-12-8-7(9(17)13(2)10(12)18)14(5-11-8)3-6(16)4-21-15(19)20/h5-6,16H,3-4H2,1-2H3. The van der Waals surface area contributed by atoms with Crippen LogP contribution in [0.25, 0.3) is 11.2 Å². The number of hydrogen-bond donors (Lipinski definition) is 1. The van der Waals surface area contributed by atoms with Crippen molar-refractivity contribution in [1.82, 2.24) is 18.7 Å². The highest BCUT2D eigenvalue weighted by Gasteiger charge is 2.16. The van der Waals surface area contributed by atoms with E-state index in [1.54, 1.807) is 0 Å². The average molecular weight is 299 g/mol. The van der Waals surface area contributed by atoms with Crippen LogP contribution in [0.4, 0.5) is 0 Å². The van der Waals surface area contributed by atoms with E-state index in [1.165, 1.54) is 29.6 Å². The molecule has 0 radical (unpaired) electrons. The van der Waals surface area contributed by atoms with E-state index in [0.29, 0.717) is 0 Å². The van der Waals surface area contributed by atoms with Gasteiger partial charge in [0.05, 0.1) is 19.0 Å². The van der Waals surface area contributed by atoms with Crippen LogP contribution in [0, 0.1) is 10.1 Å². The molecule has 1 atom stereocenters. The minimum absolute atomic E-state index is 0.125. The first-order chi connectivity index (χ1) is 9.82. The second-order valence-electron chi connectivity index (χ2n) is 4.45. The largest absolute Gasteiger partial charge is 0.389 e. The molecule has 0 saturated carbocycles. The predicted molar refractivity (Wildman–Crippen MR) is 69.2 cm³/mol. The maximum atomic E-state index is 12.1. The minimum Gasteiger partial charge on any atom is -0.389 e. The Morgan fingerprint density at radius 2 is 2.10 bits per heavy atom. The highest BCUT2D eigenvalue weighted by Crippen LogP contribution is 2.06. The first-order valence-electron chi connectivity index (χ1n) is 5.89. The molecule has 2 aromatic rings. The van der Waals surface area contributed by atoms with Crippen molar-refractivity contribution in [2.24, 2.45) is 14.1 Å². The van der Waals surface area contributed by atoms with E-state index in [9.17, 15) is 24.8 Å². The molecule has 2 aromatic heterocycles. The molecule has 21 heavy (non-hydrogen) atoms. The molecule has 114 valence electrons. The van der Waals surface area contributed by atoms with Gasteiger partial charge in [-0.2, -0.15) is 0 Å². The lowest BCUT2D eigenvalue weighted by atomic mass is 10.3. The molecule has 2 heterocycles. The molecule has 0 amide bonds. The lowest BCUT2D eigenvalue weighted by Crippen LogP contribution is -2.38. The Bertz CT molecular complexity index is 803. The van der Waals surface area contributed by atoms with Gasteiger partial charge in [0.25, 0.3) is 10.6 Å². The van der Waals surface area contributed by atoms with E-state index >= 15 is 0 Å². The van der Waals surface area contributed by atoms with E-state index in [0.717, 1.165) is 4.57 Å². The fourth-order valence-electron chi connectivity index (χ4n) is 1.96. The molecule has 0 aliphatic carbocycles. The van der Waals surface area contributed by atoms with Crippen molar-refractivity contribution < 1.29 is 15.0 Å². The summed E-state index contributed by atoms with van der Waals surface area (Å²) in [7, 11) is 2.79. The smallest absolute Gasteiger partial charge is 0.332 e. The lowest BCUT2D eigenvalue weighted by molar-refractivity contribution is -0.759. The summed E-state index contributed by atoms with van der Waals surface area (Å²) in [5.74, 6) is 0. The van der Waals surface area contributed by atoms with Crippen LogP contribution in [-0.4, -0.2) is 41.6 Å². The van der Waals surface area contributed by atoms with Crippen LogP contribution in [0.15, 0.2) is 15.9 Å². The Kier molecular flexibility index (Phi) is 3.76. The van der Waals surface area contributed by atoms with Gasteiger partial charge in [0.2, 0.25) is 0 Å². The Balaban J connectivity index is 2.41. The Labute approximate surface area is 116 Å². The van der Waals surface area contributed by atoms with Crippen molar-refractivity contribution in [3.63, 3.8) is 0 Å². The number of aryl methyl sites for hydroxylation is 1. The van der Waals surface area contributed by atoms with Crippen LogP contribution in [0.2, 0.25) is 0 Å². The maximum Gasteiger partial charge on any atom is 0.332 e. The van der Waals surface area contributed by atoms with Gasteiger partial charge in [-0.3, -0.25) is 13.9 Å². The van der Waals surface area contributed by atoms with E-state index in [-0.39, 0.29) is 17.7 Å². The molecule has 1 N–H and O–H groups in total. The summed E-state index contributed by atoms with van der Waals surface area (Å²) < 4.78 is 3.44. The lowest BCUT2D eigenvalue weighted by Gasteiger charge is -2.11. The van der Waals surface area contributed by atoms with Gasteiger partial charge < -0.3 is 14.5 Å². The van der Waals surface area contributed by atoms with Gasteiger partial charge in [-0.15, -0.1) is 10.1 Å². The second kappa shape index (κ2) is 5.36. The molecule has 11 heteroatoms. The SMILES string of the molecule is Cn1c(=O)c2c(ncn2CC(O)CO[N+](=O)[O-])n(C)c1=O. The highest BCUT2D eigenvalue weighted by atomic mass is 17.0. The van der Waals surface area contributed by atoms with Crippen molar-refractivity contribution in [1.29, 1.82) is 0 Å². The monoisotopic (exact) mass is 299 g/mol. The Morgan fingerprint density at radius 1 is 1.43 bits per heavy atom. The van der Waals surface area contributed by atoms with E-state index in [1.807, 2.05) is 0 Å². The summed E-state index contributed by atoms with van der Waals surface area (Å²) in [6.07, 6.45) is 0.0793. The third kappa shape index (κ3) is 2.63. The van der Waals surface area contributed by atoms with Crippen molar-refractivity contribution >= 4 is 11.2 Å². The molecule has 0 fully saturated rings. The second-order valence-corrected chi connectivity index (χ2v) is 4.45. The first kappa shape index (κ1) is 14.7. The van der Waals surface area contributed by atoms with Gasteiger partial charge in [-0.25, -0.2) is 9.78 Å². The predicted octanol–water partition coefficient (Wildman–Crippen LogP) is -2.00. The fraction of sp³-hybridized carbons (Fsp3) is 0.500. The van der Waals surface area contributed by atoms with Crippen LogP contribution < -0.4 is 11.2 Å². The molecule has 0 aromatic carbocycles. The number of hydrogen-bond acceptors (Lipinski definition) is 7. The zero-order valence-corrected chi connectivity index (χ0v) is 11.3. The molecule has 0 aliphatic rings. The maximum absolute atomic E-state index is 12.1. The molecule has 0 aliphatic heterocycles. The minimum atomic E-state index is -1.20. The third-order valence-corrected chi connectivity index (χ3v) is 3.00.